The minimum Gasteiger partial charge on any atom is -0.335 e. The number of fused-ring (bicyclic) bond motifs is 1. The molecule has 3 aromatic heterocycles. The van der Waals surface area contributed by atoms with Crippen LogP contribution in [0.15, 0.2) is 77.4 Å². The van der Waals surface area contributed by atoms with Crippen LogP contribution in [-0.4, -0.2) is 25.8 Å². The summed E-state index contributed by atoms with van der Waals surface area (Å²) in [5, 5.41) is 11.5. The average Bonchev–Trinajstić information content (AvgIpc) is 3.40. The molecule has 3 heterocycles. The smallest absolute Gasteiger partial charge is 0.259 e. The molecule has 5 rings (SSSR count). The Morgan fingerprint density at radius 1 is 1.03 bits per heavy atom. The lowest BCUT2D eigenvalue weighted by molar-refractivity contribution is 0.102. The maximum atomic E-state index is 13.4. The van der Waals surface area contributed by atoms with Crippen molar-refractivity contribution in [1.82, 2.24) is 19.9 Å². The summed E-state index contributed by atoms with van der Waals surface area (Å²) in [6, 6.07) is 18.7. The first-order valence-electron chi connectivity index (χ1n) is 9.51. The maximum absolute atomic E-state index is 13.4. The molecule has 8 heteroatoms. The molecule has 0 radical (unpaired) electrons. The largest absolute Gasteiger partial charge is 0.335 e. The highest BCUT2D eigenvalue weighted by atomic mass is 19.1. The molecule has 1 amide bonds. The second-order valence-electron chi connectivity index (χ2n) is 6.93. The summed E-state index contributed by atoms with van der Waals surface area (Å²) in [6.07, 6.45) is 1.59. The van der Waals surface area contributed by atoms with Crippen LogP contribution in [0, 0.1) is 5.82 Å². The Bertz CT molecular complexity index is 1390. The third-order valence-electron chi connectivity index (χ3n) is 4.94. The molecule has 0 aliphatic carbocycles. The van der Waals surface area contributed by atoms with Crippen LogP contribution in [0.4, 0.5) is 10.2 Å². The number of aromatic nitrogens is 4. The summed E-state index contributed by atoms with van der Waals surface area (Å²) in [7, 11) is 1.73. The van der Waals surface area contributed by atoms with E-state index in [9.17, 15) is 9.18 Å². The number of pyridine rings is 1. The van der Waals surface area contributed by atoms with Crippen molar-refractivity contribution < 1.29 is 13.7 Å². The molecule has 0 saturated carbocycles. The third-order valence-corrected chi connectivity index (χ3v) is 4.94. The van der Waals surface area contributed by atoms with Crippen LogP contribution in [0.1, 0.15) is 10.4 Å². The Labute approximate surface area is 176 Å². The second kappa shape index (κ2) is 7.49. The maximum Gasteiger partial charge on any atom is 0.259 e. The van der Waals surface area contributed by atoms with E-state index in [1.165, 1.54) is 12.1 Å². The molecular formula is C23H16FN5O2. The zero-order valence-corrected chi connectivity index (χ0v) is 16.4. The van der Waals surface area contributed by atoms with Crippen molar-refractivity contribution in [2.75, 3.05) is 5.32 Å². The predicted octanol–water partition coefficient (Wildman–Crippen LogP) is 4.68. The van der Waals surface area contributed by atoms with Crippen LogP contribution in [0.5, 0.6) is 0 Å². The molecule has 0 bridgehead atoms. The van der Waals surface area contributed by atoms with Crippen LogP contribution in [0.3, 0.4) is 0 Å². The summed E-state index contributed by atoms with van der Waals surface area (Å²) in [4.78, 5) is 17.9. The van der Waals surface area contributed by atoms with Crippen molar-refractivity contribution in [3.05, 3.63) is 84.3 Å². The van der Waals surface area contributed by atoms with Crippen molar-refractivity contribution in [3.63, 3.8) is 0 Å². The van der Waals surface area contributed by atoms with E-state index in [4.69, 9.17) is 4.52 Å². The molecule has 31 heavy (non-hydrogen) atoms. The number of carbonyl (C=O) groups is 1. The molecule has 0 aliphatic rings. The van der Waals surface area contributed by atoms with Crippen LogP contribution in [0.25, 0.3) is 33.6 Å². The fraction of sp³-hybridized carbons (Fsp3) is 0.0435. The molecule has 0 unspecified atom stereocenters. The van der Waals surface area contributed by atoms with Gasteiger partial charge in [-0.15, -0.1) is 0 Å². The number of halogens is 1. The summed E-state index contributed by atoms with van der Waals surface area (Å²) in [5.41, 5.74) is 2.99. The standard InChI is InChI=1S/C23H16FN5O2/c1-29-19(11-12-25-29)27-22(30)17-13-18(14-5-3-2-4-6-14)26-23-20(17)21(28-31-23)15-7-9-16(24)10-8-15/h2-13H,1H3,(H,27,30). The minimum absolute atomic E-state index is 0.218. The first kappa shape index (κ1) is 18.7. The SMILES string of the molecule is Cn1nccc1NC(=O)c1cc(-c2ccccc2)nc2onc(-c3ccc(F)cc3)c12. The highest BCUT2D eigenvalue weighted by Gasteiger charge is 2.22. The molecule has 7 nitrogen and oxygen atoms in total. The molecule has 1 N–H and O–H groups in total. The minimum atomic E-state index is -0.366. The number of carbonyl (C=O) groups excluding carboxylic acids is 1. The van der Waals surface area contributed by atoms with Gasteiger partial charge in [0.25, 0.3) is 11.6 Å². The van der Waals surface area contributed by atoms with Gasteiger partial charge in [0.15, 0.2) is 0 Å². The number of nitrogens with zero attached hydrogens (tertiary/aromatic N) is 4. The zero-order valence-electron chi connectivity index (χ0n) is 16.4. The predicted molar refractivity (Wildman–Crippen MR) is 114 cm³/mol. The monoisotopic (exact) mass is 413 g/mol. The fourth-order valence-electron chi connectivity index (χ4n) is 3.37. The van der Waals surface area contributed by atoms with E-state index in [1.54, 1.807) is 42.2 Å². The number of anilines is 1. The quantitative estimate of drug-likeness (QED) is 0.462. The van der Waals surface area contributed by atoms with Crippen LogP contribution in [0.2, 0.25) is 0 Å². The Morgan fingerprint density at radius 3 is 2.52 bits per heavy atom. The molecule has 0 spiro atoms. The average molecular weight is 413 g/mol. The number of benzene rings is 2. The number of nitrogens with one attached hydrogen (secondary N) is 1. The molecule has 2 aromatic carbocycles. The van der Waals surface area contributed by atoms with E-state index in [0.29, 0.717) is 33.7 Å². The number of amides is 1. The molecule has 152 valence electrons. The Hall–Kier alpha value is -4.33. The number of hydrogen-bond donors (Lipinski definition) is 1. The molecular weight excluding hydrogens is 397 g/mol. The van der Waals surface area contributed by atoms with Gasteiger partial charge in [-0.05, 0) is 30.3 Å². The summed E-state index contributed by atoms with van der Waals surface area (Å²) in [5.74, 6) is -0.189. The van der Waals surface area contributed by atoms with E-state index >= 15 is 0 Å². The topological polar surface area (TPSA) is 85.8 Å². The van der Waals surface area contributed by atoms with Crippen LogP contribution in [-0.2, 0) is 7.05 Å². The highest BCUT2D eigenvalue weighted by molar-refractivity contribution is 6.15. The summed E-state index contributed by atoms with van der Waals surface area (Å²) < 4.78 is 20.5. The van der Waals surface area contributed by atoms with Gasteiger partial charge in [-0.25, -0.2) is 9.37 Å². The summed E-state index contributed by atoms with van der Waals surface area (Å²) >= 11 is 0. The van der Waals surface area contributed by atoms with Gasteiger partial charge in [0.05, 0.1) is 22.8 Å². The van der Waals surface area contributed by atoms with Gasteiger partial charge < -0.3 is 9.84 Å². The summed E-state index contributed by atoms with van der Waals surface area (Å²) in [6.45, 7) is 0. The Balaban J connectivity index is 1.70. The van der Waals surface area contributed by atoms with Gasteiger partial charge in [-0.2, -0.15) is 5.10 Å². The van der Waals surface area contributed by atoms with Crippen molar-refractivity contribution in [2.24, 2.45) is 7.05 Å². The Kier molecular flexibility index (Phi) is 4.51. The van der Waals surface area contributed by atoms with Gasteiger partial charge in [0, 0.05) is 24.2 Å². The first-order valence-corrected chi connectivity index (χ1v) is 9.51. The highest BCUT2D eigenvalue weighted by Crippen LogP contribution is 2.33. The normalized spacial score (nSPS) is 11.0. The van der Waals surface area contributed by atoms with Gasteiger partial charge in [-0.1, -0.05) is 35.5 Å². The number of hydrogen-bond acceptors (Lipinski definition) is 5. The second-order valence-corrected chi connectivity index (χ2v) is 6.93. The Morgan fingerprint density at radius 2 is 1.81 bits per heavy atom. The lowest BCUT2D eigenvalue weighted by Gasteiger charge is -2.09. The van der Waals surface area contributed by atoms with E-state index < -0.39 is 0 Å². The van der Waals surface area contributed by atoms with Crippen molar-refractivity contribution >= 4 is 22.8 Å². The molecule has 0 saturated heterocycles. The van der Waals surface area contributed by atoms with Gasteiger partial charge in [0.2, 0.25) is 0 Å². The van der Waals surface area contributed by atoms with E-state index in [-0.39, 0.29) is 17.4 Å². The molecule has 0 aliphatic heterocycles. The van der Waals surface area contributed by atoms with Crippen molar-refractivity contribution in [3.8, 4) is 22.5 Å². The molecule has 0 fully saturated rings. The fourth-order valence-corrected chi connectivity index (χ4v) is 3.37. The van der Waals surface area contributed by atoms with E-state index in [2.05, 4.69) is 20.6 Å². The third kappa shape index (κ3) is 3.44. The zero-order chi connectivity index (χ0) is 21.4. The molecule has 0 atom stereocenters. The van der Waals surface area contributed by atoms with E-state index in [0.717, 1.165) is 5.56 Å². The van der Waals surface area contributed by atoms with Crippen molar-refractivity contribution in [1.29, 1.82) is 0 Å². The first-order chi connectivity index (χ1) is 15.1. The van der Waals surface area contributed by atoms with Crippen LogP contribution >= 0.6 is 0 Å². The van der Waals surface area contributed by atoms with Gasteiger partial charge >= 0.3 is 0 Å². The van der Waals surface area contributed by atoms with Crippen molar-refractivity contribution in [2.45, 2.75) is 0 Å². The number of rotatable bonds is 4. The molecule has 5 aromatic rings. The number of aryl methyl sites for hydroxylation is 1. The van der Waals surface area contributed by atoms with Gasteiger partial charge in [-0.3, -0.25) is 9.48 Å². The van der Waals surface area contributed by atoms with Crippen LogP contribution < -0.4 is 5.32 Å². The lowest BCUT2D eigenvalue weighted by atomic mass is 10.0. The van der Waals surface area contributed by atoms with E-state index in [1.807, 2.05) is 30.3 Å². The lowest BCUT2D eigenvalue weighted by Crippen LogP contribution is -2.15. The van der Waals surface area contributed by atoms with Gasteiger partial charge in [0.1, 0.15) is 17.3 Å².